The summed E-state index contributed by atoms with van der Waals surface area (Å²) in [7, 11) is 0. The van der Waals surface area contributed by atoms with E-state index in [9.17, 15) is 4.79 Å². The highest BCUT2D eigenvalue weighted by Crippen LogP contribution is 2.18. The van der Waals surface area contributed by atoms with Crippen molar-refractivity contribution in [2.75, 3.05) is 11.9 Å². The minimum absolute atomic E-state index is 0.137. The second-order valence-corrected chi connectivity index (χ2v) is 5.19. The van der Waals surface area contributed by atoms with Gasteiger partial charge in [0.25, 0.3) is 5.91 Å². The maximum Gasteiger partial charge on any atom is 0.255 e. The standard InChI is InChI=1S/C18H18N4O2/c19-17(23)13-24-16-8-4-5-14(11-16)21-12-18-20-9-10-22(18)15-6-2-1-3-7-15/h1-11,21H,12-13H2,(H2,19,23). The summed E-state index contributed by atoms with van der Waals surface area (Å²) in [4.78, 5) is 15.2. The second-order valence-electron chi connectivity index (χ2n) is 5.19. The van der Waals surface area contributed by atoms with Gasteiger partial charge in [-0.2, -0.15) is 0 Å². The van der Waals surface area contributed by atoms with Crippen LogP contribution in [0.5, 0.6) is 5.75 Å². The maximum atomic E-state index is 10.8. The Morgan fingerprint density at radius 1 is 1.17 bits per heavy atom. The van der Waals surface area contributed by atoms with Crippen molar-refractivity contribution in [3.05, 3.63) is 72.8 Å². The third kappa shape index (κ3) is 3.92. The van der Waals surface area contributed by atoms with Gasteiger partial charge in [-0.25, -0.2) is 4.98 Å². The van der Waals surface area contributed by atoms with E-state index < -0.39 is 5.91 Å². The van der Waals surface area contributed by atoms with Crippen LogP contribution in [0.25, 0.3) is 5.69 Å². The number of ether oxygens (including phenoxy) is 1. The third-order valence-electron chi connectivity index (χ3n) is 3.42. The van der Waals surface area contributed by atoms with Crippen molar-refractivity contribution in [1.29, 1.82) is 0 Å². The van der Waals surface area contributed by atoms with Gasteiger partial charge in [0.2, 0.25) is 0 Å². The molecule has 6 heteroatoms. The molecule has 0 saturated heterocycles. The number of amides is 1. The molecule has 0 aliphatic heterocycles. The fourth-order valence-corrected chi connectivity index (χ4v) is 2.32. The number of hydrogen-bond acceptors (Lipinski definition) is 4. The van der Waals surface area contributed by atoms with Crippen LogP contribution in [0.15, 0.2) is 67.0 Å². The summed E-state index contributed by atoms with van der Waals surface area (Å²) in [6.45, 7) is 0.420. The Hall–Kier alpha value is -3.28. The quantitative estimate of drug-likeness (QED) is 0.699. The van der Waals surface area contributed by atoms with Crippen molar-refractivity contribution >= 4 is 11.6 Å². The van der Waals surface area contributed by atoms with Crippen LogP contribution in [0.1, 0.15) is 5.82 Å². The van der Waals surface area contributed by atoms with Gasteiger partial charge in [-0.1, -0.05) is 24.3 Å². The minimum Gasteiger partial charge on any atom is -0.484 e. The number of aromatic nitrogens is 2. The number of imidazole rings is 1. The first kappa shape index (κ1) is 15.6. The zero-order valence-corrected chi connectivity index (χ0v) is 13.1. The summed E-state index contributed by atoms with van der Waals surface area (Å²) in [5.41, 5.74) is 7.02. The first-order valence-electron chi connectivity index (χ1n) is 7.55. The molecule has 3 rings (SSSR count). The molecule has 0 saturated carbocycles. The molecule has 0 aliphatic carbocycles. The summed E-state index contributed by atoms with van der Waals surface area (Å²) >= 11 is 0. The third-order valence-corrected chi connectivity index (χ3v) is 3.42. The number of carbonyl (C=O) groups excluding carboxylic acids is 1. The van der Waals surface area contributed by atoms with E-state index in [1.54, 1.807) is 12.3 Å². The summed E-state index contributed by atoms with van der Waals surface area (Å²) in [6.07, 6.45) is 3.70. The van der Waals surface area contributed by atoms with Crippen LogP contribution >= 0.6 is 0 Å². The molecular formula is C18H18N4O2. The van der Waals surface area contributed by atoms with Crippen LogP contribution in [0.4, 0.5) is 5.69 Å². The molecule has 3 N–H and O–H groups in total. The van der Waals surface area contributed by atoms with Gasteiger partial charge in [-0.05, 0) is 24.3 Å². The SMILES string of the molecule is NC(=O)COc1cccc(NCc2nccn2-c2ccccc2)c1. The van der Waals surface area contributed by atoms with E-state index in [1.807, 2.05) is 59.3 Å². The Balaban J connectivity index is 1.68. The summed E-state index contributed by atoms with van der Waals surface area (Å²) in [5.74, 6) is 0.980. The Kier molecular flexibility index (Phi) is 4.76. The average Bonchev–Trinajstić information content (AvgIpc) is 3.08. The Bertz CT molecular complexity index is 815. The van der Waals surface area contributed by atoms with E-state index in [2.05, 4.69) is 10.3 Å². The van der Waals surface area contributed by atoms with Crippen LogP contribution in [-0.4, -0.2) is 22.1 Å². The fraction of sp³-hybridized carbons (Fsp3) is 0.111. The van der Waals surface area contributed by atoms with Gasteiger partial charge in [0.05, 0.1) is 6.54 Å². The fourth-order valence-electron chi connectivity index (χ4n) is 2.32. The van der Waals surface area contributed by atoms with E-state index in [0.717, 1.165) is 17.2 Å². The number of rotatable bonds is 7. The topological polar surface area (TPSA) is 82.2 Å². The largest absolute Gasteiger partial charge is 0.484 e. The molecule has 3 aromatic rings. The lowest BCUT2D eigenvalue weighted by molar-refractivity contribution is -0.119. The number of hydrogen-bond donors (Lipinski definition) is 2. The minimum atomic E-state index is -0.502. The van der Waals surface area contributed by atoms with Gasteiger partial charge >= 0.3 is 0 Å². The summed E-state index contributed by atoms with van der Waals surface area (Å²) in [5, 5.41) is 3.31. The van der Waals surface area contributed by atoms with E-state index >= 15 is 0 Å². The highest BCUT2D eigenvalue weighted by atomic mass is 16.5. The van der Waals surface area contributed by atoms with E-state index in [1.165, 1.54) is 0 Å². The number of carbonyl (C=O) groups is 1. The van der Waals surface area contributed by atoms with Crippen molar-refractivity contribution in [3.8, 4) is 11.4 Å². The lowest BCUT2D eigenvalue weighted by Crippen LogP contribution is -2.20. The summed E-state index contributed by atoms with van der Waals surface area (Å²) in [6, 6.07) is 17.4. The van der Waals surface area contributed by atoms with Gasteiger partial charge in [-0.3, -0.25) is 4.79 Å². The van der Waals surface area contributed by atoms with Crippen LogP contribution in [0, 0.1) is 0 Å². The Morgan fingerprint density at radius 2 is 2.00 bits per heavy atom. The van der Waals surface area contributed by atoms with Crippen molar-refractivity contribution in [3.63, 3.8) is 0 Å². The molecule has 0 radical (unpaired) electrons. The molecule has 0 spiro atoms. The molecule has 24 heavy (non-hydrogen) atoms. The van der Waals surface area contributed by atoms with Crippen molar-refractivity contribution < 1.29 is 9.53 Å². The monoisotopic (exact) mass is 322 g/mol. The van der Waals surface area contributed by atoms with Gasteiger partial charge in [0.15, 0.2) is 6.61 Å². The van der Waals surface area contributed by atoms with Gasteiger partial charge < -0.3 is 20.4 Å². The Morgan fingerprint density at radius 3 is 2.79 bits per heavy atom. The molecular weight excluding hydrogens is 304 g/mol. The average molecular weight is 322 g/mol. The second kappa shape index (κ2) is 7.32. The summed E-state index contributed by atoms with van der Waals surface area (Å²) < 4.78 is 7.33. The first-order chi connectivity index (χ1) is 11.7. The van der Waals surface area contributed by atoms with Gasteiger partial charge in [0, 0.05) is 29.8 Å². The highest BCUT2D eigenvalue weighted by Gasteiger charge is 2.05. The van der Waals surface area contributed by atoms with E-state index in [0.29, 0.717) is 12.3 Å². The molecule has 0 bridgehead atoms. The molecule has 0 atom stereocenters. The smallest absolute Gasteiger partial charge is 0.255 e. The molecule has 0 unspecified atom stereocenters. The van der Waals surface area contributed by atoms with Gasteiger partial charge in [0.1, 0.15) is 11.6 Å². The number of nitrogens with zero attached hydrogens (tertiary/aromatic N) is 2. The molecule has 0 fully saturated rings. The highest BCUT2D eigenvalue weighted by molar-refractivity contribution is 5.75. The molecule has 122 valence electrons. The Labute approximate surface area is 139 Å². The van der Waals surface area contributed by atoms with Crippen molar-refractivity contribution in [2.24, 2.45) is 5.73 Å². The lowest BCUT2D eigenvalue weighted by atomic mass is 10.3. The predicted octanol–water partition coefficient (Wildman–Crippen LogP) is 2.35. The first-order valence-corrected chi connectivity index (χ1v) is 7.55. The number of nitrogens with one attached hydrogen (secondary N) is 1. The number of para-hydroxylation sites is 1. The van der Waals surface area contributed by atoms with E-state index in [4.69, 9.17) is 10.5 Å². The number of primary amides is 1. The zero-order valence-electron chi connectivity index (χ0n) is 13.1. The van der Waals surface area contributed by atoms with Crippen molar-refractivity contribution in [1.82, 2.24) is 9.55 Å². The lowest BCUT2D eigenvalue weighted by Gasteiger charge is -2.11. The molecule has 6 nitrogen and oxygen atoms in total. The maximum absolute atomic E-state index is 10.8. The molecule has 1 aromatic heterocycles. The van der Waals surface area contributed by atoms with Gasteiger partial charge in [-0.15, -0.1) is 0 Å². The molecule has 1 heterocycles. The number of anilines is 1. The molecule has 1 amide bonds. The van der Waals surface area contributed by atoms with E-state index in [-0.39, 0.29) is 6.61 Å². The van der Waals surface area contributed by atoms with Crippen LogP contribution in [0.2, 0.25) is 0 Å². The zero-order chi connectivity index (χ0) is 16.8. The normalized spacial score (nSPS) is 10.3. The predicted molar refractivity (Wildman–Crippen MR) is 92.0 cm³/mol. The number of benzene rings is 2. The van der Waals surface area contributed by atoms with Crippen LogP contribution in [-0.2, 0) is 11.3 Å². The molecule has 0 aliphatic rings. The van der Waals surface area contributed by atoms with Crippen LogP contribution in [0.3, 0.4) is 0 Å². The number of nitrogens with two attached hydrogens (primary N) is 1. The van der Waals surface area contributed by atoms with Crippen LogP contribution < -0.4 is 15.8 Å². The molecule has 2 aromatic carbocycles. The van der Waals surface area contributed by atoms with Crippen molar-refractivity contribution in [2.45, 2.75) is 6.54 Å².